The van der Waals surface area contributed by atoms with Gasteiger partial charge in [0.05, 0.1) is 0 Å². The van der Waals surface area contributed by atoms with Gasteiger partial charge in [-0.25, -0.2) is 0 Å². The van der Waals surface area contributed by atoms with Crippen LogP contribution in [0.4, 0.5) is 0 Å². The van der Waals surface area contributed by atoms with Crippen molar-refractivity contribution in [1.29, 1.82) is 0 Å². The smallest absolute Gasteiger partial charge is 0.0183 e. The molecule has 1 atom stereocenters. The molecule has 14 heavy (non-hydrogen) atoms. The number of rotatable bonds is 5. The van der Waals surface area contributed by atoms with Crippen LogP contribution in [0.2, 0.25) is 0 Å². The average molecular weight is 197 g/mol. The average Bonchev–Trinajstić information content (AvgIpc) is 2.44. The summed E-state index contributed by atoms with van der Waals surface area (Å²) in [4.78, 5) is 0. The highest BCUT2D eigenvalue weighted by molar-refractivity contribution is 5.18. The summed E-state index contributed by atoms with van der Waals surface area (Å²) < 4.78 is 0. The van der Waals surface area contributed by atoms with Crippen molar-refractivity contribution >= 4 is 0 Å². The van der Waals surface area contributed by atoms with E-state index in [4.69, 9.17) is 0 Å². The highest BCUT2D eigenvalue weighted by atomic mass is 15.1. The molecular weight excluding hydrogens is 170 g/mol. The highest BCUT2D eigenvalue weighted by Gasteiger charge is 2.64. The Balaban J connectivity index is 2.33. The van der Waals surface area contributed by atoms with E-state index in [1.54, 1.807) is 0 Å². The van der Waals surface area contributed by atoms with E-state index in [-0.39, 0.29) is 0 Å². The second-order valence-electron chi connectivity index (χ2n) is 6.09. The molecule has 1 aliphatic carbocycles. The third-order valence-corrected chi connectivity index (χ3v) is 4.46. The van der Waals surface area contributed by atoms with Crippen molar-refractivity contribution in [3.63, 3.8) is 0 Å². The molecule has 1 rings (SSSR count). The van der Waals surface area contributed by atoms with E-state index >= 15 is 0 Å². The van der Waals surface area contributed by atoms with Crippen LogP contribution < -0.4 is 5.32 Å². The van der Waals surface area contributed by atoms with Crippen LogP contribution >= 0.6 is 0 Å². The largest absolute Gasteiger partial charge is 0.310 e. The monoisotopic (exact) mass is 197 g/mol. The van der Waals surface area contributed by atoms with Crippen LogP contribution in [-0.2, 0) is 0 Å². The Labute approximate surface area is 89.7 Å². The Morgan fingerprint density at radius 3 is 2.00 bits per heavy atom. The number of nitrogens with one attached hydrogen (secondary N) is 1. The van der Waals surface area contributed by atoms with Gasteiger partial charge in [0.25, 0.3) is 0 Å². The van der Waals surface area contributed by atoms with Gasteiger partial charge in [-0.2, -0.15) is 0 Å². The maximum Gasteiger partial charge on any atom is 0.0183 e. The topological polar surface area (TPSA) is 12.0 Å². The van der Waals surface area contributed by atoms with Gasteiger partial charge in [-0.1, -0.05) is 47.5 Å². The molecule has 0 saturated heterocycles. The molecule has 1 fully saturated rings. The molecule has 0 aromatic heterocycles. The summed E-state index contributed by atoms with van der Waals surface area (Å²) in [5.74, 6) is 0. The predicted molar refractivity (Wildman–Crippen MR) is 63.5 cm³/mol. The van der Waals surface area contributed by atoms with Crippen molar-refractivity contribution in [2.45, 2.75) is 72.9 Å². The SMILES string of the molecule is CCCCC(C)NC1C(C)(C)C1(C)C. The molecule has 1 N–H and O–H groups in total. The molecule has 1 heteroatoms. The van der Waals surface area contributed by atoms with Gasteiger partial charge in [0.1, 0.15) is 0 Å². The van der Waals surface area contributed by atoms with Crippen LogP contribution in [0.15, 0.2) is 0 Å². The molecule has 1 saturated carbocycles. The normalized spacial score (nSPS) is 26.1. The molecule has 1 nitrogen and oxygen atoms in total. The minimum atomic E-state index is 0.480. The van der Waals surface area contributed by atoms with Gasteiger partial charge < -0.3 is 5.32 Å². The van der Waals surface area contributed by atoms with E-state index in [1.165, 1.54) is 19.3 Å². The molecule has 0 aliphatic heterocycles. The van der Waals surface area contributed by atoms with Gasteiger partial charge in [-0.05, 0) is 24.2 Å². The second kappa shape index (κ2) is 3.84. The first-order valence-corrected chi connectivity index (χ1v) is 6.10. The van der Waals surface area contributed by atoms with Crippen molar-refractivity contribution in [3.05, 3.63) is 0 Å². The summed E-state index contributed by atoms with van der Waals surface area (Å²) in [5, 5.41) is 3.77. The fourth-order valence-corrected chi connectivity index (χ4v) is 2.49. The van der Waals surface area contributed by atoms with Gasteiger partial charge in [0.15, 0.2) is 0 Å². The van der Waals surface area contributed by atoms with Crippen molar-refractivity contribution < 1.29 is 0 Å². The molecule has 0 aromatic carbocycles. The van der Waals surface area contributed by atoms with Crippen LogP contribution in [0.25, 0.3) is 0 Å². The number of hydrogen-bond donors (Lipinski definition) is 1. The van der Waals surface area contributed by atoms with Gasteiger partial charge in [-0.3, -0.25) is 0 Å². The zero-order valence-electron chi connectivity index (χ0n) is 10.8. The van der Waals surface area contributed by atoms with Gasteiger partial charge in [-0.15, -0.1) is 0 Å². The van der Waals surface area contributed by atoms with Gasteiger partial charge in [0.2, 0.25) is 0 Å². The van der Waals surface area contributed by atoms with E-state index in [2.05, 4.69) is 46.9 Å². The van der Waals surface area contributed by atoms with E-state index in [0.29, 0.717) is 22.9 Å². The summed E-state index contributed by atoms with van der Waals surface area (Å²) in [7, 11) is 0. The van der Waals surface area contributed by atoms with Crippen LogP contribution in [-0.4, -0.2) is 12.1 Å². The predicted octanol–water partition coefficient (Wildman–Crippen LogP) is 3.59. The van der Waals surface area contributed by atoms with E-state index < -0.39 is 0 Å². The summed E-state index contributed by atoms with van der Waals surface area (Å²) in [5.41, 5.74) is 0.959. The molecule has 1 unspecified atom stereocenters. The molecule has 0 bridgehead atoms. The minimum absolute atomic E-state index is 0.480. The molecule has 0 amide bonds. The van der Waals surface area contributed by atoms with E-state index in [1.807, 2.05) is 0 Å². The molecule has 0 spiro atoms. The Hall–Kier alpha value is -0.0400. The Bertz CT molecular complexity index is 179. The summed E-state index contributed by atoms with van der Waals surface area (Å²) in [6.07, 6.45) is 3.98. The Morgan fingerprint density at radius 1 is 1.14 bits per heavy atom. The number of unbranched alkanes of at least 4 members (excludes halogenated alkanes) is 1. The molecule has 0 aromatic rings. The highest BCUT2D eigenvalue weighted by Crippen LogP contribution is 2.62. The van der Waals surface area contributed by atoms with Crippen molar-refractivity contribution in [1.82, 2.24) is 5.32 Å². The molecule has 1 aliphatic rings. The molecule has 0 radical (unpaired) electrons. The lowest BCUT2D eigenvalue weighted by molar-refractivity contribution is 0.449. The lowest BCUT2D eigenvalue weighted by Gasteiger charge is -2.14. The quantitative estimate of drug-likeness (QED) is 0.710. The van der Waals surface area contributed by atoms with Crippen molar-refractivity contribution in [2.24, 2.45) is 10.8 Å². The van der Waals surface area contributed by atoms with Crippen LogP contribution in [0, 0.1) is 10.8 Å². The lowest BCUT2D eigenvalue weighted by Crippen LogP contribution is -2.31. The van der Waals surface area contributed by atoms with Crippen LogP contribution in [0.5, 0.6) is 0 Å². The third kappa shape index (κ3) is 1.98. The Kier molecular flexibility index (Phi) is 3.30. The van der Waals surface area contributed by atoms with Crippen LogP contribution in [0.3, 0.4) is 0 Å². The Morgan fingerprint density at radius 2 is 1.64 bits per heavy atom. The maximum atomic E-state index is 3.77. The minimum Gasteiger partial charge on any atom is -0.310 e. The fraction of sp³-hybridized carbons (Fsp3) is 1.00. The standard InChI is InChI=1S/C13H27N/c1-7-8-9-10(2)14-11-12(3,4)13(11,5)6/h10-11,14H,7-9H2,1-6H3. The van der Waals surface area contributed by atoms with Gasteiger partial charge >= 0.3 is 0 Å². The zero-order chi connectivity index (χ0) is 11.0. The second-order valence-corrected chi connectivity index (χ2v) is 6.09. The number of hydrogen-bond acceptors (Lipinski definition) is 1. The van der Waals surface area contributed by atoms with E-state index in [0.717, 1.165) is 0 Å². The molecular formula is C13H27N. The van der Waals surface area contributed by atoms with E-state index in [9.17, 15) is 0 Å². The first kappa shape index (κ1) is 12.0. The maximum absolute atomic E-state index is 3.77. The lowest BCUT2D eigenvalue weighted by atomic mass is 10.0. The third-order valence-electron chi connectivity index (χ3n) is 4.46. The summed E-state index contributed by atoms with van der Waals surface area (Å²) in [6, 6.07) is 1.39. The summed E-state index contributed by atoms with van der Waals surface area (Å²) in [6.45, 7) is 14.1. The zero-order valence-corrected chi connectivity index (χ0v) is 10.8. The van der Waals surface area contributed by atoms with Crippen molar-refractivity contribution in [2.75, 3.05) is 0 Å². The first-order chi connectivity index (χ1) is 6.34. The van der Waals surface area contributed by atoms with Gasteiger partial charge in [0, 0.05) is 12.1 Å². The molecule has 0 heterocycles. The van der Waals surface area contributed by atoms with Crippen LogP contribution in [0.1, 0.15) is 60.8 Å². The fourth-order valence-electron chi connectivity index (χ4n) is 2.49. The van der Waals surface area contributed by atoms with Crippen molar-refractivity contribution in [3.8, 4) is 0 Å². The first-order valence-electron chi connectivity index (χ1n) is 6.10. The molecule has 84 valence electrons. The summed E-state index contributed by atoms with van der Waals surface area (Å²) >= 11 is 0.